The summed E-state index contributed by atoms with van der Waals surface area (Å²) in [6.45, 7) is 7.32. The monoisotopic (exact) mass is 1370 g/mol. The molecule has 536 valence electrons. The van der Waals surface area contributed by atoms with E-state index >= 15 is 0 Å². The molecule has 32 heteroatoms. The number of thioether (sulfide) groups is 1. The Morgan fingerprint density at radius 2 is 1.01 bits per heavy atom. The third kappa shape index (κ3) is 27.3. The third-order valence-corrected chi connectivity index (χ3v) is 17.2. The Balaban J connectivity index is 1.60. The number of nitrogens with zero attached hydrogens (tertiary/aromatic N) is 3. The van der Waals surface area contributed by atoms with E-state index < -0.39 is 168 Å². The van der Waals surface area contributed by atoms with E-state index in [0.29, 0.717) is 55.4 Å². The standard InChI is InChI=1S/C65H102N18O13S/c1-38(2)35-46(56(89)74-42(53(70)86)29-34-97-5)80-63(96)65(3,4)81-58(91)48(37-40-19-10-7-11-20-40)79-57(90)47(36-39-17-8-6-9-18-39)78-55(88)43(25-27-51(68)84)75-54(87)44(26-28-52(69)85)76-59(92)50-24-16-33-83(50)62(95)45(22-12-13-30-66)77-60(93)49-23-15-32-82(49)61(94)41(67)21-14-31-73-64(71)72/h6-11,17-20,38,41-50H,12-16,21-37,66-67H2,1-5H3,(H2,68,84)(H2,69,85)(H2,70,86)(H,74,89)(H,75,87)(H,76,92)(H,77,93)(H,78,88)(H,79,90)(H,80,96)(H,81,91)(H4,71,72,73)/t41-,42-,43-,44-,45-,46-,47-,48-,49-,50-/m0/s1. The number of guanidine groups is 1. The minimum Gasteiger partial charge on any atom is -0.370 e. The van der Waals surface area contributed by atoms with Crippen LogP contribution in [-0.2, 0) is 75.2 Å². The molecule has 2 saturated heterocycles. The first-order valence-corrected chi connectivity index (χ1v) is 34.4. The van der Waals surface area contributed by atoms with Gasteiger partial charge >= 0.3 is 0 Å². The Bertz CT molecular complexity index is 3050. The molecule has 0 radical (unpaired) electrons. The Kier molecular flexibility index (Phi) is 33.7. The second-order valence-electron chi connectivity index (χ2n) is 25.4. The maximum atomic E-state index is 14.8. The average Bonchev–Trinajstić information content (AvgIpc) is 1.82. The maximum Gasteiger partial charge on any atom is 0.245 e. The van der Waals surface area contributed by atoms with Crippen molar-refractivity contribution in [1.29, 1.82) is 0 Å². The fourth-order valence-corrected chi connectivity index (χ4v) is 11.8. The van der Waals surface area contributed by atoms with Crippen molar-refractivity contribution in [2.45, 2.75) is 203 Å². The van der Waals surface area contributed by atoms with Gasteiger partial charge in [0, 0.05) is 45.3 Å². The molecule has 0 aliphatic carbocycles. The predicted octanol–water partition coefficient (Wildman–Crippen LogP) is -2.93. The van der Waals surface area contributed by atoms with E-state index in [1.165, 1.54) is 35.4 Å². The number of primary amides is 3. The van der Waals surface area contributed by atoms with Gasteiger partial charge in [0.25, 0.3) is 0 Å². The molecular formula is C65H102N18O13S. The molecule has 2 aliphatic rings. The van der Waals surface area contributed by atoms with Gasteiger partial charge in [0.2, 0.25) is 76.8 Å². The lowest BCUT2D eigenvalue weighted by atomic mass is 9.97. The Labute approximate surface area is 570 Å². The van der Waals surface area contributed by atoms with Crippen molar-refractivity contribution in [1.82, 2.24) is 52.3 Å². The van der Waals surface area contributed by atoms with Crippen molar-refractivity contribution in [3.05, 3.63) is 71.8 Å². The molecule has 10 atom stereocenters. The van der Waals surface area contributed by atoms with Crippen molar-refractivity contribution in [2.24, 2.45) is 51.0 Å². The van der Waals surface area contributed by atoms with Gasteiger partial charge in [-0.3, -0.25) is 67.3 Å². The molecule has 0 bridgehead atoms. The number of likely N-dealkylation sites (tertiary alicyclic amines) is 2. The van der Waals surface area contributed by atoms with E-state index in [4.69, 9.17) is 40.1 Å². The first-order valence-electron chi connectivity index (χ1n) is 33.0. The van der Waals surface area contributed by atoms with Crippen molar-refractivity contribution >= 4 is 94.5 Å². The molecular weight excluding hydrogens is 1270 g/mol. The van der Waals surface area contributed by atoms with Gasteiger partial charge in [-0.1, -0.05) is 74.5 Å². The summed E-state index contributed by atoms with van der Waals surface area (Å²) in [5.74, 6) is -9.89. The van der Waals surface area contributed by atoms with Crippen LogP contribution in [0.4, 0.5) is 0 Å². The molecule has 0 aromatic heterocycles. The molecule has 0 saturated carbocycles. The molecule has 13 amide bonds. The van der Waals surface area contributed by atoms with Gasteiger partial charge < -0.3 is 92.5 Å². The lowest BCUT2D eigenvalue weighted by molar-refractivity contribution is -0.144. The number of unbranched alkanes of at least 4 members (excludes halogenated alkanes) is 1. The van der Waals surface area contributed by atoms with Crippen LogP contribution in [0.3, 0.4) is 0 Å². The lowest BCUT2D eigenvalue weighted by Crippen LogP contribution is -2.63. The van der Waals surface area contributed by atoms with Crippen LogP contribution in [-0.4, -0.2) is 197 Å². The highest BCUT2D eigenvalue weighted by Crippen LogP contribution is 2.24. The average molecular weight is 1380 g/mol. The SMILES string of the molecule is CSCC[C@H](NC(=O)[C@H](CC(C)C)NC(=O)C(C)(C)NC(=O)[C@H](Cc1ccccc1)NC(=O)[C@H](Cc1ccccc1)NC(=O)[C@H](CCC(N)=O)NC(=O)[C@H](CCC(N)=O)NC(=O)[C@@H]1CCCN1C(=O)[C@H](CCCCN)NC(=O)[C@@H]1CCCN1C(=O)[C@@H](N)CCCN=C(N)N)C(N)=O. The molecule has 2 heterocycles. The van der Waals surface area contributed by atoms with Crippen LogP contribution in [0.15, 0.2) is 65.7 Å². The molecule has 4 rings (SSSR count). The Morgan fingerprint density at radius 3 is 1.49 bits per heavy atom. The highest BCUT2D eigenvalue weighted by molar-refractivity contribution is 7.98. The van der Waals surface area contributed by atoms with Gasteiger partial charge in [-0.25, -0.2) is 0 Å². The third-order valence-electron chi connectivity index (χ3n) is 16.6. The van der Waals surface area contributed by atoms with Crippen molar-refractivity contribution in [2.75, 3.05) is 38.2 Å². The van der Waals surface area contributed by atoms with Crippen molar-refractivity contribution in [3.8, 4) is 0 Å². The number of hydrogen-bond donors (Lipinski definition) is 15. The second kappa shape index (κ2) is 40.6. The number of aliphatic imine (C=N–C) groups is 1. The molecule has 2 aromatic rings. The highest BCUT2D eigenvalue weighted by atomic mass is 32.2. The van der Waals surface area contributed by atoms with Crippen LogP contribution >= 0.6 is 11.8 Å². The summed E-state index contributed by atoms with van der Waals surface area (Å²) in [5.41, 5.74) is 39.0. The Hall–Kier alpha value is -8.91. The zero-order valence-electron chi connectivity index (χ0n) is 56.3. The van der Waals surface area contributed by atoms with Gasteiger partial charge in [0.1, 0.15) is 59.9 Å². The van der Waals surface area contributed by atoms with Gasteiger partial charge in [0.05, 0.1) is 6.04 Å². The molecule has 0 spiro atoms. The largest absolute Gasteiger partial charge is 0.370 e. The summed E-state index contributed by atoms with van der Waals surface area (Å²) in [6, 6.07) is 4.41. The molecule has 2 fully saturated rings. The van der Waals surface area contributed by atoms with E-state index in [2.05, 4.69) is 47.5 Å². The number of carbonyl (C=O) groups excluding carboxylic acids is 13. The summed E-state index contributed by atoms with van der Waals surface area (Å²) in [4.78, 5) is 187. The Morgan fingerprint density at radius 1 is 0.546 bits per heavy atom. The van der Waals surface area contributed by atoms with Crippen LogP contribution in [0.5, 0.6) is 0 Å². The number of benzene rings is 2. The van der Waals surface area contributed by atoms with Gasteiger partial charge in [-0.15, -0.1) is 0 Å². The van der Waals surface area contributed by atoms with Gasteiger partial charge in [0.15, 0.2) is 5.96 Å². The van der Waals surface area contributed by atoms with Crippen LogP contribution < -0.4 is 82.7 Å². The summed E-state index contributed by atoms with van der Waals surface area (Å²) in [6.07, 6.45) is 3.04. The molecule has 22 N–H and O–H groups in total. The first kappa shape index (κ1) is 80.5. The highest BCUT2D eigenvalue weighted by Gasteiger charge is 2.43. The van der Waals surface area contributed by atoms with E-state index in [0.717, 1.165) is 0 Å². The fourth-order valence-electron chi connectivity index (χ4n) is 11.3. The summed E-state index contributed by atoms with van der Waals surface area (Å²) < 4.78 is 0. The van der Waals surface area contributed by atoms with E-state index in [9.17, 15) is 62.3 Å². The first-order chi connectivity index (χ1) is 46.0. The molecule has 97 heavy (non-hydrogen) atoms. The molecule has 2 aliphatic heterocycles. The number of nitrogens with one attached hydrogen (secondary N) is 8. The van der Waals surface area contributed by atoms with Crippen LogP contribution in [0.1, 0.15) is 135 Å². The minimum atomic E-state index is -1.75. The normalized spacial score (nSPS) is 16.9. The number of carbonyl (C=O) groups is 13. The minimum absolute atomic E-state index is 0.0716. The lowest BCUT2D eigenvalue weighted by Gasteiger charge is -2.32. The summed E-state index contributed by atoms with van der Waals surface area (Å²) in [5, 5.41) is 21.5. The maximum absolute atomic E-state index is 14.8. The van der Waals surface area contributed by atoms with Gasteiger partial charge in [-0.05, 0) is 133 Å². The smallest absolute Gasteiger partial charge is 0.245 e. The number of nitrogens with two attached hydrogens (primary N) is 7. The molecule has 2 aromatic carbocycles. The zero-order valence-corrected chi connectivity index (χ0v) is 57.1. The fraction of sp³-hybridized carbons (Fsp3) is 0.600. The summed E-state index contributed by atoms with van der Waals surface area (Å²) >= 11 is 1.45. The van der Waals surface area contributed by atoms with E-state index in [1.54, 1.807) is 60.7 Å². The molecule has 0 unspecified atom stereocenters. The van der Waals surface area contributed by atoms with Crippen LogP contribution in [0.2, 0.25) is 0 Å². The van der Waals surface area contributed by atoms with Gasteiger partial charge in [-0.2, -0.15) is 11.8 Å². The van der Waals surface area contributed by atoms with Crippen LogP contribution in [0, 0.1) is 5.92 Å². The van der Waals surface area contributed by atoms with Crippen molar-refractivity contribution in [3.63, 3.8) is 0 Å². The van der Waals surface area contributed by atoms with E-state index in [-0.39, 0.29) is 83.0 Å². The topological polar surface area (TPSA) is 519 Å². The molecule has 31 nitrogen and oxygen atoms in total. The second-order valence-corrected chi connectivity index (χ2v) is 26.4. The predicted molar refractivity (Wildman–Crippen MR) is 365 cm³/mol. The number of hydrogen-bond acceptors (Lipinski definition) is 17. The zero-order chi connectivity index (χ0) is 71.9. The van der Waals surface area contributed by atoms with E-state index in [1.807, 2.05) is 20.1 Å². The number of amides is 13. The van der Waals surface area contributed by atoms with Crippen LogP contribution in [0.25, 0.3) is 0 Å². The quantitative estimate of drug-likeness (QED) is 0.0180. The summed E-state index contributed by atoms with van der Waals surface area (Å²) in [7, 11) is 0. The number of rotatable bonds is 42. The van der Waals surface area contributed by atoms with Crippen molar-refractivity contribution < 1.29 is 62.3 Å².